The van der Waals surface area contributed by atoms with E-state index >= 15 is 0 Å². The third-order valence-electron chi connectivity index (χ3n) is 16.4. The first-order valence-electron chi connectivity index (χ1n) is 22.5. The van der Waals surface area contributed by atoms with Gasteiger partial charge in [0, 0.05) is 10.8 Å². The second-order valence-electron chi connectivity index (χ2n) is 19.8. The summed E-state index contributed by atoms with van der Waals surface area (Å²) in [5, 5.41) is 0. The molecule has 0 spiro atoms. The molecule has 0 unspecified atom stereocenters. The highest BCUT2D eigenvalue weighted by molar-refractivity contribution is 7.81. The Morgan fingerprint density at radius 3 is 1.56 bits per heavy atom. The number of hydrogen-bond donors (Lipinski definition) is 1. The number of esters is 2. The van der Waals surface area contributed by atoms with Gasteiger partial charge in [0.1, 0.15) is 35.1 Å². The molecule has 0 atom stereocenters. The van der Waals surface area contributed by atoms with Gasteiger partial charge in [0.05, 0.1) is 0 Å². The Balaban J connectivity index is 0.950. The lowest BCUT2D eigenvalue weighted by Gasteiger charge is -2.62. The van der Waals surface area contributed by atoms with Gasteiger partial charge in [-0.15, -0.1) is 0 Å². The van der Waals surface area contributed by atoms with Gasteiger partial charge in [-0.3, -0.25) is 0 Å². The third kappa shape index (κ3) is 7.84. The smallest absolute Gasteiger partial charge is 0.344 e. The molecule has 0 aliphatic heterocycles. The van der Waals surface area contributed by atoms with Crippen LogP contribution in [0.25, 0.3) is 0 Å². The van der Waals surface area contributed by atoms with Crippen LogP contribution in [0.3, 0.4) is 0 Å². The molecule has 0 saturated heterocycles. The molecular weight excluding hydrogens is 733 g/mol. The van der Waals surface area contributed by atoms with Crippen molar-refractivity contribution in [2.45, 2.75) is 154 Å². The topological polar surface area (TPSA) is 80.3 Å². The van der Waals surface area contributed by atoms with E-state index in [2.05, 4.69) is 60.6 Å². The summed E-state index contributed by atoms with van der Waals surface area (Å²) in [4.78, 5) is 27.0. The summed E-state index contributed by atoms with van der Waals surface area (Å²) in [6.07, 6.45) is 15.1. The van der Waals surface area contributed by atoms with Gasteiger partial charge in [-0.2, -0.15) is 12.6 Å². The van der Waals surface area contributed by atoms with Crippen LogP contribution in [-0.2, 0) is 30.4 Å². The minimum absolute atomic E-state index is 0.187. The van der Waals surface area contributed by atoms with E-state index in [0.717, 1.165) is 90.6 Å². The molecule has 2 aromatic rings. The van der Waals surface area contributed by atoms with Gasteiger partial charge in [0.25, 0.3) is 0 Å². The molecule has 0 heterocycles. The quantitative estimate of drug-likeness (QED) is 0.134. The third-order valence-corrected chi connectivity index (χ3v) is 17.3. The van der Waals surface area contributed by atoms with Crippen molar-refractivity contribution in [2.75, 3.05) is 13.2 Å². The minimum atomic E-state index is -0.436. The van der Waals surface area contributed by atoms with Gasteiger partial charge in [0.2, 0.25) is 0 Å². The number of ether oxygens (including phenoxy) is 5. The first-order valence-corrected chi connectivity index (χ1v) is 23.0. The summed E-state index contributed by atoms with van der Waals surface area (Å²) < 4.78 is 31.4. The minimum Gasteiger partial charge on any atom is -0.488 e. The molecule has 0 radical (unpaired) electrons. The standard InChI is InChI=1S/C49H68O7S/c1-8-11-43-34-21-38-23-35(43)24-39(22-34)48(38,7)56-45(51)28-53-42-20-33(26-54-46-29(4)12-40(13-30(46)5)49(57,9-2)10-3)19-41(25-42)52-27-44(50)55-47(6)36-15-31-14-32(17-36)18-37(47)16-31/h12-13,19-20,25,31-32,34-39,43,57H,8-11,14-18,21-24,26-28H2,1-7H3. The lowest BCUT2D eigenvalue weighted by Crippen LogP contribution is -2.60. The first kappa shape index (κ1) is 40.9. The molecule has 8 heteroatoms. The Morgan fingerprint density at radius 1 is 0.667 bits per heavy atom. The van der Waals surface area contributed by atoms with Crippen LogP contribution in [0.15, 0.2) is 30.3 Å². The van der Waals surface area contributed by atoms with Crippen molar-refractivity contribution in [3.8, 4) is 17.2 Å². The van der Waals surface area contributed by atoms with Crippen LogP contribution in [0.2, 0.25) is 0 Å². The van der Waals surface area contributed by atoms with Gasteiger partial charge in [-0.1, -0.05) is 45.7 Å². The molecule has 312 valence electrons. The van der Waals surface area contributed by atoms with Gasteiger partial charge in [-0.05, 0) is 186 Å². The predicted molar refractivity (Wildman–Crippen MR) is 226 cm³/mol. The zero-order valence-electron chi connectivity index (χ0n) is 35.7. The van der Waals surface area contributed by atoms with Crippen LogP contribution in [0.1, 0.15) is 140 Å². The number of carbonyl (C=O) groups is 2. The predicted octanol–water partition coefficient (Wildman–Crippen LogP) is 11.1. The van der Waals surface area contributed by atoms with Crippen molar-refractivity contribution >= 4 is 24.6 Å². The maximum Gasteiger partial charge on any atom is 0.344 e. The normalized spacial score (nSPS) is 34.6. The van der Waals surface area contributed by atoms with E-state index in [0.29, 0.717) is 35.2 Å². The summed E-state index contributed by atoms with van der Waals surface area (Å²) >= 11 is 5.04. The van der Waals surface area contributed by atoms with E-state index in [4.69, 9.17) is 36.3 Å². The van der Waals surface area contributed by atoms with E-state index in [1.165, 1.54) is 50.5 Å². The maximum absolute atomic E-state index is 13.5. The number of rotatable bonds is 16. The number of benzene rings is 2. The van der Waals surface area contributed by atoms with E-state index < -0.39 is 11.2 Å². The monoisotopic (exact) mass is 800 g/mol. The Hall–Kier alpha value is -2.87. The van der Waals surface area contributed by atoms with Crippen LogP contribution >= 0.6 is 12.6 Å². The maximum atomic E-state index is 13.5. The summed E-state index contributed by atoms with van der Waals surface area (Å²) in [6.45, 7) is 15.0. The average molecular weight is 801 g/mol. The highest BCUT2D eigenvalue weighted by Gasteiger charge is 2.60. The highest BCUT2D eigenvalue weighted by atomic mass is 32.1. The largest absolute Gasteiger partial charge is 0.488 e. The molecule has 8 bridgehead atoms. The lowest BCUT2D eigenvalue weighted by molar-refractivity contribution is -0.214. The Labute approximate surface area is 347 Å². The molecular formula is C49H68O7S. The van der Waals surface area contributed by atoms with Crippen LogP contribution < -0.4 is 14.2 Å². The zero-order valence-corrected chi connectivity index (χ0v) is 36.6. The van der Waals surface area contributed by atoms with Gasteiger partial charge >= 0.3 is 11.9 Å². The SMILES string of the molecule is CCCC1C2CC3CC1CC(C2)C3(C)OC(=O)COc1cc(COc2c(C)cc(C(S)(CC)CC)cc2C)cc(OCC(=O)OC2(C)C3CC4CC(C3)CC2C4)c1. The molecule has 7 nitrogen and oxygen atoms in total. The molecule has 8 aliphatic carbocycles. The van der Waals surface area contributed by atoms with Crippen LogP contribution in [0, 0.1) is 67.1 Å². The van der Waals surface area contributed by atoms with Crippen molar-refractivity contribution in [3.05, 3.63) is 52.6 Å². The molecule has 0 amide bonds. The number of thiol groups is 1. The van der Waals surface area contributed by atoms with Crippen molar-refractivity contribution in [2.24, 2.45) is 53.3 Å². The van der Waals surface area contributed by atoms with Crippen molar-refractivity contribution in [1.29, 1.82) is 0 Å². The van der Waals surface area contributed by atoms with E-state index in [-0.39, 0.29) is 36.5 Å². The molecule has 8 aliphatic rings. The van der Waals surface area contributed by atoms with Crippen LogP contribution in [0.4, 0.5) is 0 Å². The molecule has 57 heavy (non-hydrogen) atoms. The fourth-order valence-corrected chi connectivity index (χ4v) is 13.6. The Morgan fingerprint density at radius 2 is 1.12 bits per heavy atom. The number of carbonyl (C=O) groups excluding carboxylic acids is 2. The molecule has 8 fully saturated rings. The van der Waals surface area contributed by atoms with Crippen LogP contribution in [0.5, 0.6) is 17.2 Å². The summed E-state index contributed by atoms with van der Waals surface area (Å²) in [5.74, 6) is 6.80. The van der Waals surface area contributed by atoms with E-state index in [9.17, 15) is 9.59 Å². The Kier molecular flexibility index (Phi) is 11.4. The fourth-order valence-electron chi connectivity index (χ4n) is 13.4. The van der Waals surface area contributed by atoms with Crippen LogP contribution in [-0.4, -0.2) is 36.4 Å². The van der Waals surface area contributed by atoms with Crippen molar-refractivity contribution in [1.82, 2.24) is 0 Å². The summed E-state index contributed by atoms with van der Waals surface area (Å²) in [6, 6.07) is 9.89. The molecule has 2 aromatic carbocycles. The zero-order chi connectivity index (χ0) is 40.3. The lowest BCUT2D eigenvalue weighted by atomic mass is 9.46. The number of aryl methyl sites for hydroxylation is 2. The van der Waals surface area contributed by atoms with Gasteiger partial charge in [0.15, 0.2) is 13.2 Å². The average Bonchev–Trinajstić information content (AvgIpc) is 3.17. The fraction of sp³-hybridized carbons (Fsp3) is 0.714. The second kappa shape index (κ2) is 16.0. The number of hydrogen-bond acceptors (Lipinski definition) is 8. The Bertz CT molecular complexity index is 1730. The molecule has 10 rings (SSSR count). The molecule has 0 N–H and O–H groups in total. The van der Waals surface area contributed by atoms with E-state index in [1.807, 2.05) is 12.1 Å². The summed E-state index contributed by atoms with van der Waals surface area (Å²) in [5.41, 5.74) is 3.26. The first-order chi connectivity index (χ1) is 27.2. The summed E-state index contributed by atoms with van der Waals surface area (Å²) in [7, 11) is 0. The van der Waals surface area contributed by atoms with E-state index in [1.54, 1.807) is 6.07 Å². The second-order valence-corrected chi connectivity index (χ2v) is 20.6. The van der Waals surface area contributed by atoms with Crippen molar-refractivity contribution in [3.63, 3.8) is 0 Å². The van der Waals surface area contributed by atoms with Gasteiger partial charge < -0.3 is 23.7 Å². The van der Waals surface area contributed by atoms with Crippen molar-refractivity contribution < 1.29 is 33.3 Å². The van der Waals surface area contributed by atoms with Gasteiger partial charge in [-0.25, -0.2) is 9.59 Å². The molecule has 0 aromatic heterocycles. The highest BCUT2D eigenvalue weighted by Crippen LogP contribution is 2.63. The molecule has 8 saturated carbocycles.